The molecule has 32 heavy (non-hydrogen) atoms. The van der Waals surface area contributed by atoms with Crippen molar-refractivity contribution in [2.75, 3.05) is 12.4 Å². The number of fused-ring (bicyclic) bond motifs is 1. The SMILES string of the molecule is COc1cc(-c2ccc3c(c2NC(=O)NS(=O)(=O)C(C)c2ccccc2)CCC3)ccn1. The summed E-state index contributed by atoms with van der Waals surface area (Å²) in [5, 5.41) is 1.94. The monoisotopic (exact) mass is 451 g/mol. The largest absolute Gasteiger partial charge is 0.481 e. The second-order valence-electron chi connectivity index (χ2n) is 7.72. The lowest BCUT2D eigenvalue weighted by molar-refractivity contribution is 0.256. The highest BCUT2D eigenvalue weighted by molar-refractivity contribution is 7.90. The summed E-state index contributed by atoms with van der Waals surface area (Å²) in [5.41, 5.74) is 5.02. The second kappa shape index (κ2) is 9.00. The molecule has 3 aromatic rings. The van der Waals surface area contributed by atoms with E-state index in [4.69, 9.17) is 4.74 Å². The van der Waals surface area contributed by atoms with Crippen molar-refractivity contribution in [1.82, 2.24) is 9.71 Å². The Balaban J connectivity index is 1.63. The number of nitrogens with one attached hydrogen (secondary N) is 2. The molecule has 0 bridgehead atoms. The van der Waals surface area contributed by atoms with Crippen molar-refractivity contribution in [1.29, 1.82) is 0 Å². The molecule has 2 aromatic carbocycles. The summed E-state index contributed by atoms with van der Waals surface area (Å²) in [7, 11) is -2.39. The quantitative estimate of drug-likeness (QED) is 0.577. The van der Waals surface area contributed by atoms with Crippen LogP contribution in [-0.4, -0.2) is 26.5 Å². The molecule has 1 unspecified atom stereocenters. The van der Waals surface area contributed by atoms with Gasteiger partial charge in [-0.25, -0.2) is 22.9 Å². The van der Waals surface area contributed by atoms with Crippen molar-refractivity contribution < 1.29 is 17.9 Å². The normalized spacial score (nSPS) is 13.8. The van der Waals surface area contributed by atoms with E-state index >= 15 is 0 Å². The number of benzene rings is 2. The van der Waals surface area contributed by atoms with Crippen molar-refractivity contribution in [3.05, 3.63) is 77.5 Å². The van der Waals surface area contributed by atoms with E-state index in [-0.39, 0.29) is 0 Å². The van der Waals surface area contributed by atoms with Crippen LogP contribution in [0.5, 0.6) is 5.88 Å². The maximum Gasteiger partial charge on any atom is 0.332 e. The first-order valence-electron chi connectivity index (χ1n) is 10.4. The molecule has 2 amide bonds. The van der Waals surface area contributed by atoms with Gasteiger partial charge < -0.3 is 10.1 Å². The molecule has 1 aromatic heterocycles. The Bertz CT molecular complexity index is 1240. The fourth-order valence-corrected chi connectivity index (χ4v) is 5.00. The number of aromatic nitrogens is 1. The van der Waals surface area contributed by atoms with Gasteiger partial charge in [0, 0.05) is 17.8 Å². The van der Waals surface area contributed by atoms with Crippen LogP contribution in [0, 0.1) is 0 Å². The molecule has 2 N–H and O–H groups in total. The maximum absolute atomic E-state index is 12.8. The number of anilines is 1. The van der Waals surface area contributed by atoms with Gasteiger partial charge in [-0.05, 0) is 54.5 Å². The minimum atomic E-state index is -3.93. The number of aryl methyl sites for hydroxylation is 1. The average molecular weight is 452 g/mol. The summed E-state index contributed by atoms with van der Waals surface area (Å²) in [6, 6.07) is 15.6. The fraction of sp³-hybridized carbons (Fsp3) is 0.250. The molecule has 0 saturated heterocycles. The molecule has 0 aliphatic heterocycles. The van der Waals surface area contributed by atoms with E-state index < -0.39 is 21.3 Å². The zero-order chi connectivity index (χ0) is 22.7. The lowest BCUT2D eigenvalue weighted by Crippen LogP contribution is -2.37. The lowest BCUT2D eigenvalue weighted by Gasteiger charge is -2.18. The number of hydrogen-bond donors (Lipinski definition) is 2. The number of methoxy groups -OCH3 is 1. The number of nitrogens with zero attached hydrogens (tertiary/aromatic N) is 1. The van der Waals surface area contributed by atoms with Crippen LogP contribution in [0.25, 0.3) is 11.1 Å². The highest BCUT2D eigenvalue weighted by atomic mass is 32.2. The number of carbonyl (C=O) groups is 1. The molecular weight excluding hydrogens is 426 g/mol. The van der Waals surface area contributed by atoms with Gasteiger partial charge in [-0.3, -0.25) is 0 Å². The molecule has 0 spiro atoms. The first-order valence-corrected chi connectivity index (χ1v) is 12.0. The summed E-state index contributed by atoms with van der Waals surface area (Å²) in [4.78, 5) is 17.0. The minimum Gasteiger partial charge on any atom is -0.481 e. The molecule has 1 heterocycles. The van der Waals surface area contributed by atoms with Crippen LogP contribution in [0.1, 0.15) is 35.3 Å². The van der Waals surface area contributed by atoms with Gasteiger partial charge in [0.2, 0.25) is 15.9 Å². The maximum atomic E-state index is 12.8. The van der Waals surface area contributed by atoms with E-state index in [9.17, 15) is 13.2 Å². The summed E-state index contributed by atoms with van der Waals surface area (Å²) >= 11 is 0. The first kappa shape index (κ1) is 21.8. The van der Waals surface area contributed by atoms with Crippen molar-refractivity contribution in [3.8, 4) is 17.0 Å². The first-order chi connectivity index (χ1) is 15.4. The molecule has 0 radical (unpaired) electrons. The molecule has 1 aliphatic carbocycles. The zero-order valence-electron chi connectivity index (χ0n) is 18.0. The van der Waals surface area contributed by atoms with E-state index in [0.29, 0.717) is 17.1 Å². The Morgan fingerprint density at radius 3 is 2.62 bits per heavy atom. The van der Waals surface area contributed by atoms with Crippen LogP contribution in [0.4, 0.5) is 10.5 Å². The van der Waals surface area contributed by atoms with Crippen LogP contribution in [0.3, 0.4) is 0 Å². The second-order valence-corrected chi connectivity index (χ2v) is 9.72. The van der Waals surface area contributed by atoms with E-state index in [2.05, 4.69) is 21.1 Å². The predicted molar refractivity (Wildman–Crippen MR) is 124 cm³/mol. The van der Waals surface area contributed by atoms with E-state index in [1.807, 2.05) is 18.2 Å². The summed E-state index contributed by atoms with van der Waals surface area (Å²) < 4.78 is 33.0. The Morgan fingerprint density at radius 1 is 1.09 bits per heavy atom. The van der Waals surface area contributed by atoms with Gasteiger partial charge in [-0.2, -0.15) is 0 Å². The lowest BCUT2D eigenvalue weighted by atomic mass is 9.98. The molecule has 4 rings (SSSR count). The average Bonchev–Trinajstić information content (AvgIpc) is 3.28. The van der Waals surface area contributed by atoms with Gasteiger partial charge in [-0.1, -0.05) is 42.5 Å². The number of urea groups is 1. The van der Waals surface area contributed by atoms with Crippen LogP contribution in [-0.2, 0) is 22.9 Å². The van der Waals surface area contributed by atoms with Crippen molar-refractivity contribution in [2.45, 2.75) is 31.4 Å². The Kier molecular flexibility index (Phi) is 6.14. The third-order valence-corrected chi connectivity index (χ3v) is 7.42. The van der Waals surface area contributed by atoms with Gasteiger partial charge in [0.25, 0.3) is 0 Å². The van der Waals surface area contributed by atoms with E-state index in [1.54, 1.807) is 50.6 Å². The van der Waals surface area contributed by atoms with E-state index in [0.717, 1.165) is 41.5 Å². The smallest absolute Gasteiger partial charge is 0.332 e. The standard InChI is InChI=1S/C24H25N3O4S/c1-16(17-7-4-3-5-8-17)32(29,30)27-24(28)26-23-20-10-6-9-18(20)11-12-21(23)19-13-14-25-22(15-19)31-2/h3-5,7-8,11-16H,6,9-10H2,1-2H3,(H2,26,27,28). The number of hydrogen-bond acceptors (Lipinski definition) is 5. The Labute approximate surface area is 187 Å². The molecule has 7 nitrogen and oxygen atoms in total. The summed E-state index contributed by atoms with van der Waals surface area (Å²) in [5.74, 6) is 0.456. The minimum absolute atomic E-state index is 0.456. The number of ether oxygens (including phenoxy) is 1. The topological polar surface area (TPSA) is 97.4 Å². The van der Waals surface area contributed by atoms with Crippen molar-refractivity contribution >= 4 is 21.7 Å². The molecule has 8 heteroatoms. The predicted octanol–water partition coefficient (Wildman–Crippen LogP) is 4.46. The number of carbonyl (C=O) groups excluding carboxylic acids is 1. The highest BCUT2D eigenvalue weighted by Crippen LogP contribution is 2.38. The van der Waals surface area contributed by atoms with E-state index in [1.165, 1.54) is 0 Å². The molecular formula is C24H25N3O4S. The molecule has 0 saturated carbocycles. The van der Waals surface area contributed by atoms with Crippen LogP contribution in [0.2, 0.25) is 0 Å². The van der Waals surface area contributed by atoms with Gasteiger partial charge in [-0.15, -0.1) is 0 Å². The Morgan fingerprint density at radius 2 is 1.88 bits per heavy atom. The zero-order valence-corrected chi connectivity index (χ0v) is 18.8. The third-order valence-electron chi connectivity index (χ3n) is 5.75. The number of sulfonamides is 1. The van der Waals surface area contributed by atoms with Gasteiger partial charge in [0.05, 0.1) is 12.8 Å². The van der Waals surface area contributed by atoms with Crippen LogP contribution >= 0.6 is 0 Å². The van der Waals surface area contributed by atoms with Crippen LogP contribution < -0.4 is 14.8 Å². The van der Waals surface area contributed by atoms with Crippen molar-refractivity contribution in [2.24, 2.45) is 0 Å². The molecule has 0 fully saturated rings. The molecule has 166 valence electrons. The van der Waals surface area contributed by atoms with Gasteiger partial charge in [0.1, 0.15) is 5.25 Å². The molecule has 1 aliphatic rings. The van der Waals surface area contributed by atoms with Gasteiger partial charge >= 0.3 is 6.03 Å². The summed E-state index contributed by atoms with van der Waals surface area (Å²) in [6.07, 6.45) is 4.36. The Hall–Kier alpha value is -3.39. The number of amides is 2. The highest BCUT2D eigenvalue weighted by Gasteiger charge is 2.26. The van der Waals surface area contributed by atoms with Gasteiger partial charge in [0.15, 0.2) is 0 Å². The number of pyridine rings is 1. The molecule has 1 atom stereocenters. The number of rotatable bonds is 6. The fourth-order valence-electron chi connectivity index (χ4n) is 4.00. The van der Waals surface area contributed by atoms with Crippen LogP contribution in [0.15, 0.2) is 60.8 Å². The van der Waals surface area contributed by atoms with Crippen molar-refractivity contribution in [3.63, 3.8) is 0 Å². The summed E-state index contributed by atoms with van der Waals surface area (Å²) in [6.45, 7) is 1.56. The third kappa shape index (κ3) is 4.45.